The first-order chi connectivity index (χ1) is 11.5. The molecule has 5 nitrogen and oxygen atoms in total. The summed E-state index contributed by atoms with van der Waals surface area (Å²) in [7, 11) is -0.925. The van der Waals surface area contributed by atoms with Gasteiger partial charge in [-0.1, -0.05) is 32.0 Å². The van der Waals surface area contributed by atoms with Crippen LogP contribution in [0.3, 0.4) is 0 Å². The molecule has 2 aromatic rings. The molecule has 3 rings (SSSR count). The predicted octanol–water partition coefficient (Wildman–Crippen LogP) is 3.32. The third-order valence-corrected chi connectivity index (χ3v) is 5.82. The molecule has 0 bridgehead atoms. The molecule has 1 aliphatic heterocycles. The van der Waals surface area contributed by atoms with E-state index in [0.717, 1.165) is 35.3 Å². The normalized spacial score (nSPS) is 16.4. The second-order valence-electron chi connectivity index (χ2n) is 6.20. The molecule has 24 heavy (non-hydrogen) atoms. The SMILES string of the molecule is CCC(CC)C(=O)Nc1c2c(nn1-c1ccccc1C)CS(=O)C2. The van der Waals surface area contributed by atoms with Crippen LogP contribution in [0.25, 0.3) is 5.69 Å². The monoisotopic (exact) mass is 345 g/mol. The number of rotatable bonds is 5. The highest BCUT2D eigenvalue weighted by Gasteiger charge is 2.29. The number of carbonyl (C=O) groups is 1. The van der Waals surface area contributed by atoms with Gasteiger partial charge in [0.15, 0.2) is 0 Å². The first-order valence-corrected chi connectivity index (χ1v) is 9.86. The van der Waals surface area contributed by atoms with Crippen molar-refractivity contribution >= 4 is 22.5 Å². The highest BCUT2D eigenvalue weighted by Crippen LogP contribution is 2.32. The summed E-state index contributed by atoms with van der Waals surface area (Å²) in [5.74, 6) is 1.59. The van der Waals surface area contributed by atoms with Gasteiger partial charge in [-0.2, -0.15) is 5.10 Å². The van der Waals surface area contributed by atoms with Crippen molar-refractivity contribution in [2.24, 2.45) is 5.92 Å². The summed E-state index contributed by atoms with van der Waals surface area (Å²) in [6.07, 6.45) is 1.60. The van der Waals surface area contributed by atoms with Gasteiger partial charge in [-0.15, -0.1) is 0 Å². The van der Waals surface area contributed by atoms with E-state index in [1.807, 2.05) is 45.0 Å². The van der Waals surface area contributed by atoms with Crippen LogP contribution >= 0.6 is 0 Å². The average Bonchev–Trinajstić information content (AvgIpc) is 3.06. The predicted molar refractivity (Wildman–Crippen MR) is 96.6 cm³/mol. The van der Waals surface area contributed by atoms with Gasteiger partial charge in [0.1, 0.15) is 5.82 Å². The molecule has 1 amide bonds. The van der Waals surface area contributed by atoms with E-state index in [4.69, 9.17) is 0 Å². The number of aryl methyl sites for hydroxylation is 1. The fourth-order valence-electron chi connectivity index (χ4n) is 3.11. The molecule has 0 saturated carbocycles. The van der Waals surface area contributed by atoms with E-state index in [-0.39, 0.29) is 11.8 Å². The number of fused-ring (bicyclic) bond motifs is 1. The lowest BCUT2D eigenvalue weighted by Gasteiger charge is -2.16. The Bertz CT molecular complexity index is 794. The van der Waals surface area contributed by atoms with Crippen LogP contribution in [0, 0.1) is 12.8 Å². The summed E-state index contributed by atoms with van der Waals surface area (Å²) in [4.78, 5) is 12.6. The number of nitrogens with zero attached hydrogens (tertiary/aromatic N) is 2. The highest BCUT2D eigenvalue weighted by atomic mass is 32.2. The van der Waals surface area contributed by atoms with Crippen LogP contribution in [0.5, 0.6) is 0 Å². The van der Waals surface area contributed by atoms with Crippen LogP contribution in [0.2, 0.25) is 0 Å². The minimum atomic E-state index is -0.925. The Balaban J connectivity index is 2.05. The summed E-state index contributed by atoms with van der Waals surface area (Å²) < 4.78 is 13.7. The van der Waals surface area contributed by atoms with Crippen LogP contribution in [-0.2, 0) is 27.1 Å². The van der Waals surface area contributed by atoms with Crippen LogP contribution < -0.4 is 5.32 Å². The summed E-state index contributed by atoms with van der Waals surface area (Å²) in [6, 6.07) is 7.95. The van der Waals surface area contributed by atoms with E-state index >= 15 is 0 Å². The van der Waals surface area contributed by atoms with Gasteiger partial charge >= 0.3 is 0 Å². The van der Waals surface area contributed by atoms with Gasteiger partial charge in [0.05, 0.1) is 22.9 Å². The third kappa shape index (κ3) is 3.02. The zero-order valence-electron chi connectivity index (χ0n) is 14.3. The number of anilines is 1. The maximum atomic E-state index is 12.6. The molecule has 1 unspecified atom stereocenters. The maximum Gasteiger partial charge on any atom is 0.228 e. The Morgan fingerprint density at radius 1 is 1.29 bits per heavy atom. The van der Waals surface area contributed by atoms with Crippen molar-refractivity contribution in [3.05, 3.63) is 41.1 Å². The summed E-state index contributed by atoms with van der Waals surface area (Å²) in [5.41, 5.74) is 3.77. The molecule has 2 heterocycles. The van der Waals surface area contributed by atoms with Crippen molar-refractivity contribution in [1.29, 1.82) is 0 Å². The quantitative estimate of drug-likeness (QED) is 0.904. The zero-order valence-corrected chi connectivity index (χ0v) is 15.2. The van der Waals surface area contributed by atoms with Crippen molar-refractivity contribution in [3.8, 4) is 5.69 Å². The molecule has 0 aliphatic carbocycles. The molecular formula is C18H23N3O2S. The molecule has 0 fully saturated rings. The molecule has 1 aromatic heterocycles. The van der Waals surface area contributed by atoms with E-state index < -0.39 is 10.8 Å². The van der Waals surface area contributed by atoms with Gasteiger partial charge in [-0.3, -0.25) is 9.00 Å². The lowest BCUT2D eigenvalue weighted by Crippen LogP contribution is -2.24. The Kier molecular flexibility index (Phi) is 4.85. The number of aromatic nitrogens is 2. The standard InChI is InChI=1S/C18H23N3O2S/c1-4-13(5-2)18(22)19-17-14-10-24(23)11-15(14)20-21(17)16-9-7-6-8-12(16)3/h6-9,13H,4-5,10-11H2,1-3H3,(H,19,22). The molecule has 1 aliphatic rings. The van der Waals surface area contributed by atoms with Crippen LogP contribution in [0.4, 0.5) is 5.82 Å². The van der Waals surface area contributed by atoms with Gasteiger partial charge < -0.3 is 5.32 Å². The number of nitrogens with one attached hydrogen (secondary N) is 1. The number of amides is 1. The van der Waals surface area contributed by atoms with Gasteiger partial charge in [-0.05, 0) is 31.4 Å². The van der Waals surface area contributed by atoms with Crippen molar-refractivity contribution < 1.29 is 9.00 Å². The number of para-hydroxylation sites is 1. The Labute approximate surface area is 144 Å². The summed E-state index contributed by atoms with van der Waals surface area (Å²) in [6.45, 7) is 6.06. The fraction of sp³-hybridized carbons (Fsp3) is 0.444. The highest BCUT2D eigenvalue weighted by molar-refractivity contribution is 7.83. The number of carbonyl (C=O) groups excluding carboxylic acids is 1. The molecule has 0 spiro atoms. The van der Waals surface area contributed by atoms with Crippen molar-refractivity contribution in [1.82, 2.24) is 9.78 Å². The average molecular weight is 345 g/mol. The Hall–Kier alpha value is -1.95. The van der Waals surface area contributed by atoms with Crippen LogP contribution in [0.1, 0.15) is 43.5 Å². The van der Waals surface area contributed by atoms with Gasteiger partial charge in [0, 0.05) is 22.3 Å². The van der Waals surface area contributed by atoms with Crippen molar-refractivity contribution in [2.75, 3.05) is 5.32 Å². The Morgan fingerprint density at radius 2 is 2.00 bits per heavy atom. The molecule has 0 radical (unpaired) electrons. The molecule has 0 saturated heterocycles. The van der Waals surface area contributed by atoms with Crippen LogP contribution in [0.15, 0.2) is 24.3 Å². The molecule has 1 N–H and O–H groups in total. The largest absolute Gasteiger partial charge is 0.310 e. The lowest BCUT2D eigenvalue weighted by molar-refractivity contribution is -0.120. The number of hydrogen-bond donors (Lipinski definition) is 1. The van der Waals surface area contributed by atoms with E-state index in [1.165, 1.54) is 0 Å². The number of hydrogen-bond acceptors (Lipinski definition) is 3. The minimum Gasteiger partial charge on any atom is -0.310 e. The van der Waals surface area contributed by atoms with E-state index in [1.54, 1.807) is 4.68 Å². The second kappa shape index (κ2) is 6.89. The van der Waals surface area contributed by atoms with Gasteiger partial charge in [0.2, 0.25) is 5.91 Å². The van der Waals surface area contributed by atoms with E-state index in [9.17, 15) is 9.00 Å². The zero-order chi connectivity index (χ0) is 17.3. The fourth-order valence-corrected chi connectivity index (χ4v) is 4.37. The molecule has 1 atom stereocenters. The summed E-state index contributed by atoms with van der Waals surface area (Å²) in [5, 5.41) is 7.71. The Morgan fingerprint density at radius 3 is 2.67 bits per heavy atom. The molecule has 1 aromatic carbocycles. The van der Waals surface area contributed by atoms with Crippen LogP contribution in [-0.4, -0.2) is 19.9 Å². The van der Waals surface area contributed by atoms with Crippen molar-refractivity contribution in [3.63, 3.8) is 0 Å². The lowest BCUT2D eigenvalue weighted by atomic mass is 10.0. The maximum absolute atomic E-state index is 12.6. The van der Waals surface area contributed by atoms with E-state index in [2.05, 4.69) is 10.4 Å². The number of benzene rings is 1. The molecule has 128 valence electrons. The third-order valence-electron chi connectivity index (χ3n) is 4.61. The minimum absolute atomic E-state index is 0.00946. The van der Waals surface area contributed by atoms with Gasteiger partial charge in [0.25, 0.3) is 0 Å². The van der Waals surface area contributed by atoms with Crippen molar-refractivity contribution in [2.45, 2.75) is 45.1 Å². The second-order valence-corrected chi connectivity index (χ2v) is 7.66. The molecular weight excluding hydrogens is 322 g/mol. The first kappa shape index (κ1) is 16.9. The first-order valence-electron chi connectivity index (χ1n) is 8.37. The molecule has 6 heteroatoms. The smallest absolute Gasteiger partial charge is 0.228 e. The topological polar surface area (TPSA) is 64.0 Å². The summed E-state index contributed by atoms with van der Waals surface area (Å²) >= 11 is 0. The van der Waals surface area contributed by atoms with Gasteiger partial charge in [-0.25, -0.2) is 4.68 Å². The van der Waals surface area contributed by atoms with E-state index in [0.29, 0.717) is 17.3 Å².